The summed E-state index contributed by atoms with van der Waals surface area (Å²) in [5.74, 6) is -0.466. The van der Waals surface area contributed by atoms with Gasteiger partial charge in [0.2, 0.25) is 0 Å². The maximum atomic E-state index is 14.8. The van der Waals surface area contributed by atoms with Gasteiger partial charge in [0.05, 0.1) is 12.0 Å². The first kappa shape index (κ1) is 26.7. The molecule has 1 saturated heterocycles. The third-order valence-electron chi connectivity index (χ3n) is 7.43. The number of pyridine rings is 1. The molecule has 6 nitrogen and oxygen atoms in total. The zero-order chi connectivity index (χ0) is 27.9. The molecule has 0 aliphatic carbocycles. The molecular weight excluding hydrogens is 545 g/mol. The van der Waals surface area contributed by atoms with E-state index in [-0.39, 0.29) is 16.3 Å². The Morgan fingerprint density at radius 2 is 1.77 bits per heavy atom. The third-order valence-corrected chi connectivity index (χ3v) is 10.2. The van der Waals surface area contributed by atoms with Crippen molar-refractivity contribution in [1.82, 2.24) is 13.9 Å². The summed E-state index contributed by atoms with van der Waals surface area (Å²) in [4.78, 5) is 9.63. The van der Waals surface area contributed by atoms with E-state index in [0.717, 1.165) is 35.6 Å². The molecule has 0 atom stereocenters. The van der Waals surface area contributed by atoms with Crippen LogP contribution in [-0.4, -0.2) is 42.5 Å². The predicted molar refractivity (Wildman–Crippen MR) is 158 cm³/mol. The zero-order valence-corrected chi connectivity index (χ0v) is 24.1. The quantitative estimate of drug-likeness (QED) is 0.207. The predicted octanol–water partition coefficient (Wildman–Crippen LogP) is 7.11. The lowest BCUT2D eigenvalue weighted by Crippen LogP contribution is -2.28. The van der Waals surface area contributed by atoms with E-state index in [9.17, 15) is 12.8 Å². The lowest BCUT2D eigenvalue weighted by Gasteiger charge is -2.25. The average Bonchev–Trinajstić information content (AvgIpc) is 3.58. The van der Waals surface area contributed by atoms with Crippen LogP contribution in [0.4, 0.5) is 4.39 Å². The van der Waals surface area contributed by atoms with Gasteiger partial charge in [-0.25, -0.2) is 21.8 Å². The molecule has 4 heterocycles. The number of ether oxygens (including phenoxy) is 1. The maximum absolute atomic E-state index is 14.8. The number of aromatic nitrogens is 2. The van der Waals surface area contributed by atoms with E-state index >= 15 is 0 Å². The molecule has 1 aliphatic rings. The van der Waals surface area contributed by atoms with Crippen molar-refractivity contribution in [1.29, 1.82) is 0 Å². The number of halogens is 1. The molecule has 6 rings (SSSR count). The highest BCUT2D eigenvalue weighted by atomic mass is 32.2. The highest BCUT2D eigenvalue weighted by molar-refractivity contribution is 7.90. The third kappa shape index (κ3) is 4.93. The van der Waals surface area contributed by atoms with E-state index in [0.29, 0.717) is 16.5 Å². The summed E-state index contributed by atoms with van der Waals surface area (Å²) in [5.41, 5.74) is 3.10. The first-order valence-corrected chi connectivity index (χ1v) is 15.6. The second-order valence-electron chi connectivity index (χ2n) is 10.2. The van der Waals surface area contributed by atoms with Crippen LogP contribution in [0.15, 0.2) is 78.0 Å². The number of piperidine rings is 1. The number of benzene rings is 2. The standard InChI is InChI=1S/C31H30FN3O3S2/c1-21-9-12-24(13-10-21)40(36,37)35-20-27(25-7-6-8-28(32)30(25)38-2)26-17-22(18-33-31(26)35)29-14-11-23(39-29)19-34-15-4-3-5-16-34/h6-14,17-18,20H,3-5,15-16,19H2,1-2H3. The Morgan fingerprint density at radius 1 is 1.00 bits per heavy atom. The van der Waals surface area contributed by atoms with E-state index in [4.69, 9.17) is 4.74 Å². The summed E-state index contributed by atoms with van der Waals surface area (Å²) in [6.45, 7) is 5.09. The zero-order valence-electron chi connectivity index (χ0n) is 22.4. The molecule has 0 bridgehead atoms. The summed E-state index contributed by atoms with van der Waals surface area (Å²) in [6.07, 6.45) is 7.02. The maximum Gasteiger partial charge on any atom is 0.269 e. The molecule has 0 unspecified atom stereocenters. The normalized spacial score (nSPS) is 14.6. The second-order valence-corrected chi connectivity index (χ2v) is 13.2. The van der Waals surface area contributed by atoms with Gasteiger partial charge in [-0.3, -0.25) is 4.90 Å². The number of aryl methyl sites for hydroxylation is 1. The molecular formula is C31H30FN3O3S2. The van der Waals surface area contributed by atoms with E-state index in [2.05, 4.69) is 22.0 Å². The van der Waals surface area contributed by atoms with Crippen LogP contribution in [-0.2, 0) is 16.6 Å². The van der Waals surface area contributed by atoms with Crippen LogP contribution in [0.25, 0.3) is 32.6 Å². The van der Waals surface area contributed by atoms with Crippen LogP contribution >= 0.6 is 11.3 Å². The van der Waals surface area contributed by atoms with Crippen molar-refractivity contribution in [3.8, 4) is 27.3 Å². The van der Waals surface area contributed by atoms with Gasteiger partial charge < -0.3 is 4.74 Å². The van der Waals surface area contributed by atoms with Gasteiger partial charge in [0.25, 0.3) is 10.0 Å². The fourth-order valence-corrected chi connectivity index (χ4v) is 7.68. The van der Waals surface area contributed by atoms with Crippen LogP contribution in [0, 0.1) is 12.7 Å². The molecule has 2 aromatic carbocycles. The molecule has 3 aromatic heterocycles. The minimum Gasteiger partial charge on any atom is -0.493 e. The van der Waals surface area contributed by atoms with E-state index in [1.54, 1.807) is 53.9 Å². The topological polar surface area (TPSA) is 64.4 Å². The van der Waals surface area contributed by atoms with Crippen LogP contribution in [0.3, 0.4) is 0 Å². The first-order chi connectivity index (χ1) is 19.3. The molecule has 0 saturated carbocycles. The van der Waals surface area contributed by atoms with Gasteiger partial charge in [-0.2, -0.15) is 0 Å². The Morgan fingerprint density at radius 3 is 2.52 bits per heavy atom. The minimum absolute atomic E-state index is 0.0552. The monoisotopic (exact) mass is 575 g/mol. The molecule has 0 N–H and O–H groups in total. The molecule has 1 aliphatic heterocycles. The van der Waals surface area contributed by atoms with Crippen LogP contribution in [0.1, 0.15) is 29.7 Å². The van der Waals surface area contributed by atoms with Crippen molar-refractivity contribution in [2.45, 2.75) is 37.6 Å². The fourth-order valence-electron chi connectivity index (χ4n) is 5.32. The summed E-state index contributed by atoms with van der Waals surface area (Å²) in [5, 5.41) is 0.600. The lowest BCUT2D eigenvalue weighted by atomic mass is 10.0. The van der Waals surface area contributed by atoms with E-state index in [1.165, 1.54) is 47.5 Å². The molecule has 9 heteroatoms. The fraction of sp³-hybridized carbons (Fsp3) is 0.258. The first-order valence-electron chi connectivity index (χ1n) is 13.3. The van der Waals surface area contributed by atoms with Gasteiger partial charge in [-0.15, -0.1) is 11.3 Å². The van der Waals surface area contributed by atoms with Gasteiger partial charge in [0, 0.05) is 50.8 Å². The number of methoxy groups -OCH3 is 1. The van der Waals surface area contributed by atoms with Crippen molar-refractivity contribution < 1.29 is 17.5 Å². The van der Waals surface area contributed by atoms with Gasteiger partial charge in [0.15, 0.2) is 17.2 Å². The molecule has 206 valence electrons. The Bertz CT molecular complexity index is 1790. The van der Waals surface area contributed by atoms with Crippen molar-refractivity contribution in [2.24, 2.45) is 0 Å². The summed E-state index contributed by atoms with van der Waals surface area (Å²) >= 11 is 1.72. The van der Waals surface area contributed by atoms with E-state index in [1.807, 2.05) is 13.0 Å². The Labute approximate surface area is 237 Å². The van der Waals surface area contributed by atoms with Crippen molar-refractivity contribution >= 4 is 32.4 Å². The second kappa shape index (κ2) is 10.8. The van der Waals surface area contributed by atoms with Crippen molar-refractivity contribution in [3.63, 3.8) is 0 Å². The smallest absolute Gasteiger partial charge is 0.269 e. The highest BCUT2D eigenvalue weighted by Crippen LogP contribution is 2.40. The number of fused-ring (bicyclic) bond motifs is 1. The van der Waals surface area contributed by atoms with Crippen LogP contribution in [0.2, 0.25) is 0 Å². The Balaban J connectivity index is 1.49. The number of hydrogen-bond acceptors (Lipinski definition) is 6. The average molecular weight is 576 g/mol. The van der Waals surface area contributed by atoms with Crippen LogP contribution < -0.4 is 4.74 Å². The van der Waals surface area contributed by atoms with Gasteiger partial charge >= 0.3 is 0 Å². The van der Waals surface area contributed by atoms with Crippen molar-refractivity contribution in [2.75, 3.05) is 20.2 Å². The Hall–Kier alpha value is -3.53. The minimum atomic E-state index is -3.97. The largest absolute Gasteiger partial charge is 0.493 e. The summed E-state index contributed by atoms with van der Waals surface area (Å²) in [7, 11) is -2.57. The summed E-state index contributed by atoms with van der Waals surface area (Å²) in [6, 6.07) is 17.5. The summed E-state index contributed by atoms with van der Waals surface area (Å²) < 4.78 is 48.9. The number of rotatable bonds is 7. The molecule has 40 heavy (non-hydrogen) atoms. The Kier molecular flexibility index (Phi) is 7.20. The van der Waals surface area contributed by atoms with Gasteiger partial charge in [-0.05, 0) is 69.3 Å². The van der Waals surface area contributed by atoms with Crippen LogP contribution in [0.5, 0.6) is 5.75 Å². The number of hydrogen-bond donors (Lipinski definition) is 0. The van der Waals surface area contributed by atoms with Gasteiger partial charge in [0.1, 0.15) is 0 Å². The molecule has 5 aromatic rings. The highest BCUT2D eigenvalue weighted by Gasteiger charge is 2.25. The number of para-hydroxylation sites is 1. The number of thiophene rings is 1. The number of nitrogens with zero attached hydrogens (tertiary/aromatic N) is 3. The molecule has 0 amide bonds. The van der Waals surface area contributed by atoms with Crippen molar-refractivity contribution in [3.05, 3.63) is 89.3 Å². The SMILES string of the molecule is COc1c(F)cccc1-c1cn(S(=O)(=O)c2ccc(C)cc2)c2ncc(-c3ccc(CN4CCCCC4)s3)cc12. The molecule has 0 spiro atoms. The molecule has 1 fully saturated rings. The number of likely N-dealkylation sites (tertiary alicyclic amines) is 1. The van der Waals surface area contributed by atoms with E-state index < -0.39 is 15.8 Å². The lowest BCUT2D eigenvalue weighted by molar-refractivity contribution is 0.222. The van der Waals surface area contributed by atoms with Gasteiger partial charge in [-0.1, -0.05) is 36.2 Å². The molecule has 0 radical (unpaired) electrons.